The van der Waals surface area contributed by atoms with Crippen LogP contribution in [0.3, 0.4) is 0 Å². The van der Waals surface area contributed by atoms with Crippen LogP contribution in [0, 0.1) is 0 Å². The number of amides is 1. The van der Waals surface area contributed by atoms with Crippen LogP contribution in [-0.4, -0.2) is 20.7 Å². The van der Waals surface area contributed by atoms with Crippen molar-refractivity contribution >= 4 is 39.9 Å². The Morgan fingerprint density at radius 3 is 2.71 bits per heavy atom. The van der Waals surface area contributed by atoms with Gasteiger partial charge in [-0.05, 0) is 0 Å². The van der Waals surface area contributed by atoms with Crippen molar-refractivity contribution in [1.82, 2.24) is 3.11 Å². The summed E-state index contributed by atoms with van der Waals surface area (Å²) >= 11 is 3.41. The third-order valence-electron chi connectivity index (χ3n) is 0.711. The molecule has 0 aromatic rings. The van der Waals surface area contributed by atoms with Gasteiger partial charge in [-0.15, -0.1) is 0 Å². The summed E-state index contributed by atoms with van der Waals surface area (Å²) in [6.45, 7) is 0.907. The van der Waals surface area contributed by atoms with E-state index in [9.17, 15) is 4.79 Å². The molecule has 0 N–H and O–H groups in total. The number of thioether (sulfide) groups is 1. The van der Waals surface area contributed by atoms with E-state index in [0.717, 1.165) is 12.3 Å². The number of carbonyl (C=O) groups excluding carboxylic acids is 1. The van der Waals surface area contributed by atoms with Crippen molar-refractivity contribution < 1.29 is 4.79 Å². The van der Waals surface area contributed by atoms with Crippen LogP contribution < -0.4 is 0 Å². The van der Waals surface area contributed by atoms with Gasteiger partial charge in [0.05, 0.1) is 22.9 Å². The summed E-state index contributed by atoms with van der Waals surface area (Å²) in [7, 11) is 0. The molecule has 0 spiro atoms. The number of carbonyl (C=O) groups is 1. The fourth-order valence-corrected chi connectivity index (χ4v) is 2.04. The SMILES string of the molecule is O=C1SCCN1I. The molecule has 1 aliphatic heterocycles. The molecule has 1 rings (SSSR count). The summed E-state index contributed by atoms with van der Waals surface area (Å²) in [6, 6.07) is 0. The molecular formula is C3H4INOS. The van der Waals surface area contributed by atoms with Crippen molar-refractivity contribution in [3.63, 3.8) is 0 Å². The normalized spacial score (nSPS) is 21.3. The van der Waals surface area contributed by atoms with Crippen LogP contribution in [0.2, 0.25) is 0 Å². The zero-order valence-electron chi connectivity index (χ0n) is 3.56. The van der Waals surface area contributed by atoms with Crippen molar-refractivity contribution in [3.05, 3.63) is 0 Å². The average molecular weight is 229 g/mol. The number of halogens is 1. The highest BCUT2D eigenvalue weighted by atomic mass is 127. The van der Waals surface area contributed by atoms with Crippen LogP contribution in [0.25, 0.3) is 0 Å². The molecule has 1 amide bonds. The number of hydrogen-bond donors (Lipinski definition) is 0. The summed E-state index contributed by atoms with van der Waals surface area (Å²) in [6.07, 6.45) is 0. The average Bonchev–Trinajstić information content (AvgIpc) is 1.91. The molecule has 0 aliphatic carbocycles. The van der Waals surface area contributed by atoms with Gasteiger partial charge >= 0.3 is 0 Å². The number of nitrogens with zero attached hydrogens (tertiary/aromatic N) is 1. The van der Waals surface area contributed by atoms with Crippen molar-refractivity contribution in [1.29, 1.82) is 0 Å². The second-order valence-corrected chi connectivity index (χ2v) is 3.41. The first-order chi connectivity index (χ1) is 3.30. The fourth-order valence-electron chi connectivity index (χ4n) is 0.374. The molecule has 0 atom stereocenters. The van der Waals surface area contributed by atoms with Gasteiger partial charge in [-0.1, -0.05) is 11.8 Å². The van der Waals surface area contributed by atoms with Crippen LogP contribution in [-0.2, 0) is 0 Å². The monoisotopic (exact) mass is 229 g/mol. The second-order valence-electron chi connectivity index (χ2n) is 1.20. The van der Waals surface area contributed by atoms with Crippen molar-refractivity contribution in [2.24, 2.45) is 0 Å². The highest BCUT2D eigenvalue weighted by molar-refractivity contribution is 14.1. The molecule has 7 heavy (non-hydrogen) atoms. The first-order valence-corrected chi connectivity index (χ1v) is 3.86. The lowest BCUT2D eigenvalue weighted by Gasteiger charge is -1.97. The highest BCUT2D eigenvalue weighted by Gasteiger charge is 2.17. The molecule has 0 unspecified atom stereocenters. The third kappa shape index (κ3) is 1.22. The fraction of sp³-hybridized carbons (Fsp3) is 0.667. The Balaban J connectivity index is 2.48. The Hall–Kier alpha value is 0.550. The van der Waals surface area contributed by atoms with E-state index < -0.39 is 0 Å². The molecule has 1 heterocycles. The van der Waals surface area contributed by atoms with Gasteiger partial charge < -0.3 is 0 Å². The summed E-state index contributed by atoms with van der Waals surface area (Å²) in [5.74, 6) is 0.960. The lowest BCUT2D eigenvalue weighted by Crippen LogP contribution is -2.07. The predicted molar refractivity (Wildman–Crippen MR) is 38.6 cm³/mol. The predicted octanol–water partition coefficient (Wildman–Crippen LogP) is 1.51. The Kier molecular flexibility index (Phi) is 1.80. The Morgan fingerprint density at radius 1 is 1.86 bits per heavy atom. The van der Waals surface area contributed by atoms with E-state index in [4.69, 9.17) is 0 Å². The highest BCUT2D eigenvalue weighted by Crippen LogP contribution is 2.19. The minimum atomic E-state index is 0.195. The van der Waals surface area contributed by atoms with E-state index in [0.29, 0.717) is 0 Å². The molecule has 0 saturated carbocycles. The maximum atomic E-state index is 10.5. The Labute approximate surface area is 60.1 Å². The first kappa shape index (κ1) is 5.68. The van der Waals surface area contributed by atoms with Gasteiger partial charge in [0.2, 0.25) is 0 Å². The quantitative estimate of drug-likeness (QED) is 0.463. The molecule has 0 aromatic heterocycles. The third-order valence-corrected chi connectivity index (χ3v) is 2.81. The van der Waals surface area contributed by atoms with Crippen LogP contribution in [0.15, 0.2) is 0 Å². The van der Waals surface area contributed by atoms with Gasteiger partial charge in [-0.3, -0.25) is 7.91 Å². The van der Waals surface area contributed by atoms with Crippen LogP contribution in [0.4, 0.5) is 4.79 Å². The molecular weight excluding hydrogens is 225 g/mol. The summed E-state index contributed by atoms with van der Waals surface area (Å²) in [4.78, 5) is 10.5. The van der Waals surface area contributed by atoms with Gasteiger partial charge in [-0.25, -0.2) is 0 Å². The van der Waals surface area contributed by atoms with E-state index in [2.05, 4.69) is 0 Å². The van der Waals surface area contributed by atoms with E-state index in [1.807, 2.05) is 22.9 Å². The van der Waals surface area contributed by atoms with Crippen LogP contribution in [0.5, 0.6) is 0 Å². The van der Waals surface area contributed by atoms with Gasteiger partial charge in [0.15, 0.2) is 0 Å². The molecule has 0 bridgehead atoms. The van der Waals surface area contributed by atoms with Gasteiger partial charge in [0.25, 0.3) is 5.24 Å². The molecule has 1 aliphatic rings. The number of hydrogen-bond acceptors (Lipinski definition) is 2. The molecule has 0 aromatic carbocycles. The zero-order chi connectivity index (χ0) is 5.28. The lowest BCUT2D eigenvalue weighted by molar-refractivity contribution is 0.254. The van der Waals surface area contributed by atoms with Crippen molar-refractivity contribution in [3.8, 4) is 0 Å². The van der Waals surface area contributed by atoms with Crippen molar-refractivity contribution in [2.75, 3.05) is 12.3 Å². The molecule has 40 valence electrons. The van der Waals surface area contributed by atoms with Gasteiger partial charge in [-0.2, -0.15) is 0 Å². The van der Waals surface area contributed by atoms with E-state index in [-0.39, 0.29) is 5.24 Å². The molecule has 4 heteroatoms. The first-order valence-electron chi connectivity index (χ1n) is 1.91. The minimum Gasteiger partial charge on any atom is -0.275 e. The van der Waals surface area contributed by atoms with Gasteiger partial charge in [0.1, 0.15) is 0 Å². The lowest BCUT2D eigenvalue weighted by atomic mass is 10.8. The summed E-state index contributed by atoms with van der Waals surface area (Å²) in [5.41, 5.74) is 0. The van der Waals surface area contributed by atoms with Crippen molar-refractivity contribution in [2.45, 2.75) is 0 Å². The number of rotatable bonds is 0. The smallest absolute Gasteiger partial charge is 0.275 e. The standard InChI is InChI=1S/C3H4INOS/c4-5-1-2-7-3(5)6/h1-2H2. The molecule has 0 radical (unpaired) electrons. The minimum absolute atomic E-state index is 0.195. The second kappa shape index (κ2) is 2.21. The summed E-state index contributed by atoms with van der Waals surface area (Å²) in [5, 5.41) is 0.195. The molecule has 1 fully saturated rings. The van der Waals surface area contributed by atoms with Crippen LogP contribution in [0.1, 0.15) is 0 Å². The van der Waals surface area contributed by atoms with E-state index in [1.54, 1.807) is 3.11 Å². The van der Waals surface area contributed by atoms with E-state index >= 15 is 0 Å². The van der Waals surface area contributed by atoms with Crippen LogP contribution >= 0.6 is 34.6 Å². The Morgan fingerprint density at radius 2 is 2.57 bits per heavy atom. The molecule has 2 nitrogen and oxygen atoms in total. The van der Waals surface area contributed by atoms with E-state index in [1.165, 1.54) is 11.8 Å². The Bertz CT molecular complexity index is 96.9. The van der Waals surface area contributed by atoms with Gasteiger partial charge in [0, 0.05) is 12.3 Å². The molecule has 1 saturated heterocycles. The maximum Gasteiger partial charge on any atom is 0.290 e. The largest absolute Gasteiger partial charge is 0.290 e. The zero-order valence-corrected chi connectivity index (χ0v) is 6.53. The summed E-state index contributed by atoms with van der Waals surface area (Å²) < 4.78 is 1.70. The topological polar surface area (TPSA) is 20.3 Å². The maximum absolute atomic E-state index is 10.5.